The van der Waals surface area contributed by atoms with Crippen LogP contribution in [0, 0.1) is 11.3 Å². The average molecular weight is 401 g/mol. The van der Waals surface area contributed by atoms with Crippen molar-refractivity contribution in [2.45, 2.75) is 31.6 Å². The first-order valence-corrected chi connectivity index (χ1v) is 8.99. The molecular formula is C21H18F3N3O2. The molecule has 0 radical (unpaired) electrons. The monoisotopic (exact) mass is 401 g/mol. The Balaban J connectivity index is 1.70. The Morgan fingerprint density at radius 2 is 1.76 bits per heavy atom. The number of rotatable bonds is 6. The van der Waals surface area contributed by atoms with Gasteiger partial charge in [0.1, 0.15) is 6.04 Å². The van der Waals surface area contributed by atoms with E-state index in [1.807, 2.05) is 6.07 Å². The number of fused-ring (bicyclic) bond motifs is 1. The quantitative estimate of drug-likeness (QED) is 0.805. The molecule has 2 aromatic rings. The zero-order valence-corrected chi connectivity index (χ0v) is 15.4. The maximum absolute atomic E-state index is 12.8. The van der Waals surface area contributed by atoms with Crippen molar-refractivity contribution in [3.63, 3.8) is 0 Å². The smallest absolute Gasteiger partial charge is 0.350 e. The molecule has 8 heteroatoms. The van der Waals surface area contributed by atoms with Crippen LogP contribution < -0.4 is 5.32 Å². The number of nitrogens with one attached hydrogen (secondary N) is 1. The van der Waals surface area contributed by atoms with Crippen molar-refractivity contribution in [2.24, 2.45) is 0 Å². The summed E-state index contributed by atoms with van der Waals surface area (Å²) < 4.78 is 37.3. The minimum Gasteiger partial charge on any atom is -0.350 e. The SMILES string of the molecule is N#CCCN1C(=O)c2ccccc2C1C(=O)NCc1ccc(CC(F)(F)F)cc1. The van der Waals surface area contributed by atoms with E-state index in [4.69, 9.17) is 5.26 Å². The van der Waals surface area contributed by atoms with Gasteiger partial charge in [-0.1, -0.05) is 42.5 Å². The standard InChI is InChI=1S/C21H18F3N3O2/c22-21(23,24)12-14-6-8-15(9-7-14)13-26-19(28)18-16-4-1-2-5-17(16)20(29)27(18)11-3-10-25/h1-2,4-9,18H,3,11-13H2,(H,26,28). The Bertz CT molecular complexity index is 949. The van der Waals surface area contributed by atoms with Crippen LogP contribution in [0.15, 0.2) is 48.5 Å². The summed E-state index contributed by atoms with van der Waals surface area (Å²) in [5.41, 5.74) is 1.80. The number of hydrogen-bond donors (Lipinski definition) is 1. The summed E-state index contributed by atoms with van der Waals surface area (Å²) in [6.45, 7) is 0.248. The highest BCUT2D eigenvalue weighted by Gasteiger charge is 2.40. The Morgan fingerprint density at radius 3 is 2.41 bits per heavy atom. The van der Waals surface area contributed by atoms with Gasteiger partial charge in [0.2, 0.25) is 5.91 Å². The molecule has 29 heavy (non-hydrogen) atoms. The molecule has 5 nitrogen and oxygen atoms in total. The summed E-state index contributed by atoms with van der Waals surface area (Å²) in [5.74, 6) is -0.701. The summed E-state index contributed by atoms with van der Waals surface area (Å²) in [6.07, 6.45) is -5.18. The van der Waals surface area contributed by atoms with E-state index >= 15 is 0 Å². The number of carbonyl (C=O) groups is 2. The maximum Gasteiger partial charge on any atom is 0.393 e. The average Bonchev–Trinajstić information content (AvgIpc) is 2.96. The molecule has 0 fully saturated rings. The van der Waals surface area contributed by atoms with Crippen molar-refractivity contribution in [1.29, 1.82) is 5.26 Å². The first-order valence-electron chi connectivity index (χ1n) is 8.99. The molecule has 1 aliphatic heterocycles. The minimum absolute atomic E-state index is 0.101. The maximum atomic E-state index is 12.8. The molecule has 0 aliphatic carbocycles. The second kappa shape index (κ2) is 8.35. The predicted molar refractivity (Wildman–Crippen MR) is 98.5 cm³/mol. The summed E-state index contributed by atoms with van der Waals surface area (Å²) in [5, 5.41) is 11.6. The Kier molecular flexibility index (Phi) is 5.87. The number of amides is 2. The number of halogens is 3. The molecule has 1 atom stereocenters. The molecule has 2 aromatic carbocycles. The molecule has 0 saturated heterocycles. The van der Waals surface area contributed by atoms with Gasteiger partial charge in [0.25, 0.3) is 5.91 Å². The van der Waals surface area contributed by atoms with E-state index in [0.29, 0.717) is 16.7 Å². The molecule has 1 unspecified atom stereocenters. The van der Waals surface area contributed by atoms with Gasteiger partial charge in [-0.2, -0.15) is 18.4 Å². The molecular weight excluding hydrogens is 383 g/mol. The van der Waals surface area contributed by atoms with Crippen molar-refractivity contribution >= 4 is 11.8 Å². The number of alkyl halides is 3. The van der Waals surface area contributed by atoms with Crippen molar-refractivity contribution in [1.82, 2.24) is 10.2 Å². The number of benzene rings is 2. The first kappa shape index (κ1) is 20.4. The zero-order valence-electron chi connectivity index (χ0n) is 15.4. The summed E-state index contributed by atoms with van der Waals surface area (Å²) in [7, 11) is 0. The van der Waals surface area contributed by atoms with Gasteiger partial charge in [-0.05, 0) is 22.8 Å². The van der Waals surface area contributed by atoms with Crippen LogP contribution in [0.3, 0.4) is 0 Å². The van der Waals surface area contributed by atoms with Gasteiger partial charge in [0.05, 0.1) is 18.9 Å². The summed E-state index contributed by atoms with van der Waals surface area (Å²) >= 11 is 0. The van der Waals surface area contributed by atoms with E-state index in [-0.39, 0.29) is 31.0 Å². The van der Waals surface area contributed by atoms with E-state index in [1.54, 1.807) is 24.3 Å². The van der Waals surface area contributed by atoms with Gasteiger partial charge in [-0.25, -0.2) is 0 Å². The van der Waals surface area contributed by atoms with Crippen LogP contribution in [-0.2, 0) is 17.8 Å². The van der Waals surface area contributed by atoms with E-state index in [1.165, 1.54) is 29.2 Å². The lowest BCUT2D eigenvalue weighted by Crippen LogP contribution is -2.39. The Morgan fingerprint density at radius 1 is 1.10 bits per heavy atom. The Labute approximate surface area is 165 Å². The van der Waals surface area contributed by atoms with Gasteiger partial charge in [-0.15, -0.1) is 0 Å². The summed E-state index contributed by atoms with van der Waals surface area (Å²) in [4.78, 5) is 26.8. The molecule has 2 amide bonds. The number of nitrogens with zero attached hydrogens (tertiary/aromatic N) is 2. The highest BCUT2D eigenvalue weighted by molar-refractivity contribution is 6.04. The van der Waals surface area contributed by atoms with E-state index in [9.17, 15) is 22.8 Å². The van der Waals surface area contributed by atoms with Crippen LogP contribution in [0.2, 0.25) is 0 Å². The lowest BCUT2D eigenvalue weighted by Gasteiger charge is -2.23. The third-order valence-electron chi connectivity index (χ3n) is 4.67. The van der Waals surface area contributed by atoms with Gasteiger partial charge in [0.15, 0.2) is 0 Å². The summed E-state index contributed by atoms with van der Waals surface area (Å²) in [6, 6.07) is 13.7. The topological polar surface area (TPSA) is 73.2 Å². The van der Waals surface area contributed by atoms with Crippen LogP contribution in [0.25, 0.3) is 0 Å². The third-order valence-corrected chi connectivity index (χ3v) is 4.67. The van der Waals surface area contributed by atoms with Gasteiger partial charge in [0, 0.05) is 18.7 Å². The highest BCUT2D eigenvalue weighted by Crippen LogP contribution is 2.33. The molecule has 150 valence electrons. The van der Waals surface area contributed by atoms with Crippen LogP contribution >= 0.6 is 0 Å². The van der Waals surface area contributed by atoms with Crippen LogP contribution in [0.5, 0.6) is 0 Å². The fraction of sp³-hybridized carbons (Fsp3) is 0.286. The van der Waals surface area contributed by atoms with Crippen molar-refractivity contribution in [2.75, 3.05) is 6.54 Å². The molecule has 0 saturated carbocycles. The molecule has 3 rings (SSSR count). The van der Waals surface area contributed by atoms with E-state index in [2.05, 4.69) is 5.32 Å². The highest BCUT2D eigenvalue weighted by atomic mass is 19.4. The third kappa shape index (κ3) is 4.74. The molecule has 0 aromatic heterocycles. The first-order chi connectivity index (χ1) is 13.8. The predicted octanol–water partition coefficient (Wildman–Crippen LogP) is 3.52. The number of hydrogen-bond acceptors (Lipinski definition) is 3. The largest absolute Gasteiger partial charge is 0.393 e. The second-order valence-electron chi connectivity index (χ2n) is 6.72. The molecule has 1 N–H and O–H groups in total. The zero-order chi connectivity index (χ0) is 21.0. The van der Waals surface area contributed by atoms with E-state index < -0.39 is 24.5 Å². The second-order valence-corrected chi connectivity index (χ2v) is 6.72. The van der Waals surface area contributed by atoms with Gasteiger partial charge >= 0.3 is 6.18 Å². The lowest BCUT2D eigenvalue weighted by atomic mass is 10.0. The van der Waals surface area contributed by atoms with Crippen molar-refractivity contribution in [3.8, 4) is 6.07 Å². The minimum atomic E-state index is -4.27. The fourth-order valence-electron chi connectivity index (χ4n) is 3.35. The van der Waals surface area contributed by atoms with Crippen molar-refractivity contribution < 1.29 is 22.8 Å². The normalized spacial score (nSPS) is 15.7. The molecule has 1 heterocycles. The van der Waals surface area contributed by atoms with Gasteiger partial charge < -0.3 is 10.2 Å². The lowest BCUT2D eigenvalue weighted by molar-refractivity contribution is -0.127. The van der Waals surface area contributed by atoms with Crippen LogP contribution in [-0.4, -0.2) is 29.4 Å². The van der Waals surface area contributed by atoms with E-state index in [0.717, 1.165) is 0 Å². The molecule has 0 bridgehead atoms. The molecule has 1 aliphatic rings. The van der Waals surface area contributed by atoms with Crippen molar-refractivity contribution in [3.05, 3.63) is 70.8 Å². The number of nitriles is 1. The number of carbonyl (C=O) groups excluding carboxylic acids is 2. The van der Waals surface area contributed by atoms with Gasteiger partial charge in [-0.3, -0.25) is 9.59 Å². The van der Waals surface area contributed by atoms with Crippen LogP contribution in [0.4, 0.5) is 13.2 Å². The van der Waals surface area contributed by atoms with Crippen LogP contribution in [0.1, 0.15) is 39.5 Å². The molecule has 0 spiro atoms. The fourth-order valence-corrected chi connectivity index (χ4v) is 3.35. The Hall–Kier alpha value is -3.34.